The van der Waals surface area contributed by atoms with Crippen LogP contribution in [-0.4, -0.2) is 62.7 Å². The molecule has 2 aromatic heterocycles. The Morgan fingerprint density at radius 2 is 1.96 bits per heavy atom. The van der Waals surface area contributed by atoms with Gasteiger partial charge in [0.25, 0.3) is 5.91 Å². The minimum atomic E-state index is 0.172. The van der Waals surface area contributed by atoms with Crippen molar-refractivity contribution in [1.29, 1.82) is 0 Å². The van der Waals surface area contributed by atoms with Crippen LogP contribution in [0.4, 0.5) is 0 Å². The Balaban J connectivity index is 1.42. The van der Waals surface area contributed by atoms with Crippen LogP contribution in [0.5, 0.6) is 0 Å². The minimum absolute atomic E-state index is 0.172. The fourth-order valence-electron chi connectivity index (χ4n) is 4.08. The summed E-state index contributed by atoms with van der Waals surface area (Å²) in [7, 11) is 0. The Hall–Kier alpha value is -1.73. The first-order chi connectivity index (χ1) is 12.6. The van der Waals surface area contributed by atoms with Crippen molar-refractivity contribution in [2.75, 3.05) is 26.2 Å². The van der Waals surface area contributed by atoms with Gasteiger partial charge in [-0.25, -0.2) is 0 Å². The van der Waals surface area contributed by atoms with Crippen molar-refractivity contribution < 1.29 is 4.79 Å². The first-order valence-electron chi connectivity index (χ1n) is 9.62. The normalized spacial score (nSPS) is 19.6. The number of rotatable bonds is 3. The highest BCUT2D eigenvalue weighted by Gasteiger charge is 2.29. The molecule has 0 aliphatic carbocycles. The average molecular weight is 374 g/mol. The van der Waals surface area contributed by atoms with Crippen LogP contribution >= 0.6 is 11.3 Å². The molecule has 26 heavy (non-hydrogen) atoms. The molecule has 0 unspecified atom stereocenters. The summed E-state index contributed by atoms with van der Waals surface area (Å²) in [5.41, 5.74) is 0. The summed E-state index contributed by atoms with van der Waals surface area (Å²) in [6.45, 7) is 9.23. The molecular weight excluding hydrogens is 346 g/mol. The summed E-state index contributed by atoms with van der Waals surface area (Å²) in [5.74, 6) is 2.84. The second-order valence-corrected chi connectivity index (χ2v) is 8.50. The molecule has 0 radical (unpaired) electrons. The molecule has 0 N–H and O–H groups in total. The molecule has 0 atom stereocenters. The summed E-state index contributed by atoms with van der Waals surface area (Å²) < 4.78 is 2.35. The van der Waals surface area contributed by atoms with E-state index in [1.54, 1.807) is 0 Å². The van der Waals surface area contributed by atoms with Crippen molar-refractivity contribution in [2.45, 2.75) is 51.6 Å². The van der Waals surface area contributed by atoms with Crippen LogP contribution in [0.25, 0.3) is 0 Å². The number of hydrogen-bond acceptors (Lipinski definition) is 5. The predicted octanol–water partition coefficient (Wildman–Crippen LogP) is 2.63. The van der Waals surface area contributed by atoms with Gasteiger partial charge >= 0.3 is 0 Å². The van der Waals surface area contributed by atoms with Crippen LogP contribution in [0.2, 0.25) is 0 Å². The number of aromatic nitrogens is 3. The fourth-order valence-corrected chi connectivity index (χ4v) is 4.77. The van der Waals surface area contributed by atoms with Crippen molar-refractivity contribution >= 4 is 17.2 Å². The zero-order chi connectivity index (χ0) is 18.1. The number of amides is 1. The molecule has 1 amide bonds. The van der Waals surface area contributed by atoms with E-state index in [9.17, 15) is 4.79 Å². The second kappa shape index (κ2) is 7.48. The first-order valence-corrected chi connectivity index (χ1v) is 10.5. The van der Waals surface area contributed by atoms with Crippen LogP contribution in [0.3, 0.4) is 0 Å². The van der Waals surface area contributed by atoms with Gasteiger partial charge in [-0.15, -0.1) is 21.5 Å². The van der Waals surface area contributed by atoms with Gasteiger partial charge in [0, 0.05) is 51.1 Å². The standard InChI is InChI=1S/C19H27N5OS/c1-14(2)22-10-7-17-20-21-18(24(17)12-11-22)15-5-8-23(9-6-15)19(25)16-4-3-13-26-16/h3-4,13-15H,5-12H2,1-2H3. The van der Waals surface area contributed by atoms with E-state index in [1.165, 1.54) is 11.3 Å². The van der Waals surface area contributed by atoms with E-state index in [2.05, 4.69) is 33.5 Å². The highest BCUT2D eigenvalue weighted by molar-refractivity contribution is 7.12. The Morgan fingerprint density at radius 3 is 2.65 bits per heavy atom. The molecule has 0 spiro atoms. The van der Waals surface area contributed by atoms with Gasteiger partial charge in [-0.2, -0.15) is 0 Å². The van der Waals surface area contributed by atoms with E-state index >= 15 is 0 Å². The van der Waals surface area contributed by atoms with Gasteiger partial charge < -0.3 is 9.47 Å². The zero-order valence-corrected chi connectivity index (χ0v) is 16.4. The molecule has 7 heteroatoms. The fraction of sp³-hybridized carbons (Fsp3) is 0.632. The number of thiophene rings is 1. The SMILES string of the molecule is CC(C)N1CCc2nnc(C3CCN(C(=O)c4cccs4)CC3)n2CC1. The number of carbonyl (C=O) groups is 1. The second-order valence-electron chi connectivity index (χ2n) is 7.55. The minimum Gasteiger partial charge on any atom is -0.338 e. The molecule has 0 aromatic carbocycles. The number of piperidine rings is 1. The Labute approximate surface area is 158 Å². The van der Waals surface area contributed by atoms with Gasteiger partial charge in [0.15, 0.2) is 0 Å². The highest BCUT2D eigenvalue weighted by atomic mass is 32.1. The van der Waals surface area contributed by atoms with E-state index in [0.717, 1.165) is 68.5 Å². The van der Waals surface area contributed by atoms with Gasteiger partial charge in [-0.05, 0) is 38.1 Å². The lowest BCUT2D eigenvalue weighted by atomic mass is 9.95. The third-order valence-corrected chi connectivity index (χ3v) is 6.56. The topological polar surface area (TPSA) is 54.3 Å². The smallest absolute Gasteiger partial charge is 0.263 e. The van der Waals surface area contributed by atoms with Crippen LogP contribution in [0.1, 0.15) is 53.9 Å². The van der Waals surface area contributed by atoms with E-state index in [4.69, 9.17) is 0 Å². The lowest BCUT2D eigenvalue weighted by Gasteiger charge is -2.31. The van der Waals surface area contributed by atoms with Crippen molar-refractivity contribution in [3.63, 3.8) is 0 Å². The number of hydrogen-bond donors (Lipinski definition) is 0. The molecule has 2 aliphatic rings. The highest BCUT2D eigenvalue weighted by Crippen LogP contribution is 2.29. The summed E-state index contributed by atoms with van der Waals surface area (Å²) in [5, 5.41) is 11.0. The molecule has 6 nitrogen and oxygen atoms in total. The number of carbonyl (C=O) groups excluding carboxylic acids is 1. The van der Waals surface area contributed by atoms with Gasteiger partial charge in [0.2, 0.25) is 0 Å². The van der Waals surface area contributed by atoms with Gasteiger partial charge in [0.1, 0.15) is 11.6 Å². The molecule has 4 heterocycles. The van der Waals surface area contributed by atoms with Crippen molar-refractivity contribution in [1.82, 2.24) is 24.6 Å². The zero-order valence-electron chi connectivity index (χ0n) is 15.6. The van der Waals surface area contributed by atoms with Gasteiger partial charge in [-0.3, -0.25) is 9.69 Å². The lowest BCUT2D eigenvalue weighted by Crippen LogP contribution is -2.38. The van der Waals surface area contributed by atoms with Crippen molar-refractivity contribution in [3.05, 3.63) is 34.0 Å². The van der Waals surface area contributed by atoms with Crippen LogP contribution in [0.15, 0.2) is 17.5 Å². The molecule has 0 bridgehead atoms. The maximum Gasteiger partial charge on any atom is 0.263 e. The Bertz CT molecular complexity index is 746. The summed E-state index contributed by atoms with van der Waals surface area (Å²) in [6.07, 6.45) is 2.92. The molecule has 0 saturated carbocycles. The third kappa shape index (κ3) is 3.42. The summed E-state index contributed by atoms with van der Waals surface area (Å²) in [6, 6.07) is 4.43. The van der Waals surface area contributed by atoms with Crippen molar-refractivity contribution in [3.8, 4) is 0 Å². The molecule has 2 aromatic rings. The third-order valence-electron chi connectivity index (χ3n) is 5.70. The average Bonchev–Trinajstić information content (AvgIpc) is 3.27. The van der Waals surface area contributed by atoms with Gasteiger partial charge in [-0.1, -0.05) is 6.07 Å². The Morgan fingerprint density at radius 1 is 1.15 bits per heavy atom. The maximum absolute atomic E-state index is 12.5. The summed E-state index contributed by atoms with van der Waals surface area (Å²) in [4.78, 5) is 17.9. The lowest BCUT2D eigenvalue weighted by molar-refractivity contribution is 0.0715. The van der Waals surface area contributed by atoms with Gasteiger partial charge in [0.05, 0.1) is 4.88 Å². The van der Waals surface area contributed by atoms with Crippen LogP contribution < -0.4 is 0 Å². The van der Waals surface area contributed by atoms with Crippen LogP contribution in [0, 0.1) is 0 Å². The molecule has 4 rings (SSSR count). The predicted molar refractivity (Wildman–Crippen MR) is 103 cm³/mol. The first kappa shape index (κ1) is 17.7. The largest absolute Gasteiger partial charge is 0.338 e. The monoisotopic (exact) mass is 373 g/mol. The van der Waals surface area contributed by atoms with E-state index < -0.39 is 0 Å². The number of fused-ring (bicyclic) bond motifs is 1. The molecule has 140 valence electrons. The summed E-state index contributed by atoms with van der Waals surface area (Å²) >= 11 is 1.52. The van der Waals surface area contributed by atoms with E-state index in [-0.39, 0.29) is 5.91 Å². The van der Waals surface area contributed by atoms with E-state index in [1.807, 2.05) is 22.4 Å². The molecule has 1 fully saturated rings. The Kier molecular flexibility index (Phi) is 5.09. The van der Waals surface area contributed by atoms with E-state index in [0.29, 0.717) is 12.0 Å². The number of nitrogens with zero attached hydrogens (tertiary/aromatic N) is 5. The molecule has 2 aliphatic heterocycles. The number of likely N-dealkylation sites (tertiary alicyclic amines) is 1. The maximum atomic E-state index is 12.5. The quantitative estimate of drug-likeness (QED) is 0.830. The van der Waals surface area contributed by atoms with Crippen LogP contribution in [-0.2, 0) is 13.0 Å². The van der Waals surface area contributed by atoms with Crippen molar-refractivity contribution in [2.24, 2.45) is 0 Å². The molecule has 1 saturated heterocycles. The molecular formula is C19H27N5OS.